The van der Waals surface area contributed by atoms with Crippen LogP contribution in [0.4, 0.5) is 0 Å². The Morgan fingerprint density at radius 1 is 1.38 bits per heavy atom. The molecule has 1 aromatic heterocycles. The monoisotopic (exact) mass is 386 g/mol. The average Bonchev–Trinajstić information content (AvgIpc) is 3.04. The van der Waals surface area contributed by atoms with Gasteiger partial charge in [-0.05, 0) is 39.7 Å². The number of carbonyl (C=O) groups excluding carboxylic acids is 2. The first-order valence-corrected chi connectivity index (χ1v) is 10.4. The molecule has 26 heavy (non-hydrogen) atoms. The molecule has 0 spiro atoms. The first-order valence-electron chi connectivity index (χ1n) is 8.61. The molecule has 1 aromatic rings. The lowest BCUT2D eigenvalue weighted by atomic mass is 10.1. The summed E-state index contributed by atoms with van der Waals surface area (Å²) in [6, 6.07) is -0.368. The number of amides is 1. The molecule has 0 saturated carbocycles. The van der Waals surface area contributed by atoms with E-state index in [1.165, 1.54) is 4.90 Å². The maximum Gasteiger partial charge on any atom is 0.355 e. The smallest absolute Gasteiger partial charge is 0.355 e. The molecule has 8 nitrogen and oxygen atoms in total. The van der Waals surface area contributed by atoms with Gasteiger partial charge in [-0.15, -0.1) is 0 Å². The lowest BCUT2D eigenvalue weighted by molar-refractivity contribution is -0.136. The molecule has 1 aliphatic rings. The fraction of sp³-hybridized carbons (Fsp3) is 0.647. The number of aliphatic hydroxyl groups is 1. The number of nitrogens with one attached hydrogen (secondary N) is 1. The molecule has 0 radical (unpaired) electrons. The standard InChI is InChI=1S/C17H26N2O6S/c1-5-19(13-6-7-26(23,24)9-13)14(21)8-25-17(22)16-10(2)15(12(4)20)11(3)18-16/h12-13,18,20H,5-9H2,1-4H3. The number of hydrogen-bond acceptors (Lipinski definition) is 6. The number of sulfone groups is 1. The van der Waals surface area contributed by atoms with Crippen LogP contribution in [0.25, 0.3) is 0 Å². The van der Waals surface area contributed by atoms with Crippen molar-refractivity contribution in [1.29, 1.82) is 0 Å². The van der Waals surface area contributed by atoms with Crippen LogP contribution in [0.1, 0.15) is 53.7 Å². The van der Waals surface area contributed by atoms with E-state index in [9.17, 15) is 23.1 Å². The van der Waals surface area contributed by atoms with Crippen LogP contribution in [0.2, 0.25) is 0 Å². The minimum Gasteiger partial charge on any atom is -0.451 e. The topological polar surface area (TPSA) is 117 Å². The van der Waals surface area contributed by atoms with Crippen LogP contribution in [-0.2, 0) is 19.4 Å². The maximum atomic E-state index is 12.4. The van der Waals surface area contributed by atoms with Gasteiger partial charge in [0, 0.05) is 23.8 Å². The predicted octanol–water partition coefficient (Wildman–Crippen LogP) is 0.877. The Bertz CT molecular complexity index is 796. The van der Waals surface area contributed by atoms with Crippen LogP contribution in [0, 0.1) is 13.8 Å². The van der Waals surface area contributed by atoms with Gasteiger partial charge < -0.3 is 19.7 Å². The summed E-state index contributed by atoms with van der Waals surface area (Å²) in [5, 5.41) is 9.78. The molecule has 2 atom stereocenters. The number of carbonyl (C=O) groups is 2. The third-order valence-corrected chi connectivity index (χ3v) is 6.50. The number of aromatic amines is 1. The molecule has 2 heterocycles. The number of rotatable bonds is 6. The summed E-state index contributed by atoms with van der Waals surface area (Å²) in [6.45, 7) is 6.71. The Morgan fingerprint density at radius 2 is 2.04 bits per heavy atom. The largest absolute Gasteiger partial charge is 0.451 e. The zero-order valence-corrected chi connectivity index (χ0v) is 16.4. The second-order valence-corrected chi connectivity index (χ2v) is 8.88. The summed E-state index contributed by atoms with van der Waals surface area (Å²) in [7, 11) is -3.10. The van der Waals surface area contributed by atoms with E-state index in [4.69, 9.17) is 4.74 Å². The summed E-state index contributed by atoms with van der Waals surface area (Å²) >= 11 is 0. The number of ether oxygens (including phenoxy) is 1. The lowest BCUT2D eigenvalue weighted by Gasteiger charge is -2.26. The number of nitrogens with zero attached hydrogens (tertiary/aromatic N) is 1. The normalized spacial score (nSPS) is 20.0. The highest BCUT2D eigenvalue weighted by Crippen LogP contribution is 2.25. The van der Waals surface area contributed by atoms with Crippen LogP contribution in [-0.4, -0.2) is 66.0 Å². The van der Waals surface area contributed by atoms with Crippen molar-refractivity contribution in [3.8, 4) is 0 Å². The number of H-pyrrole nitrogens is 1. The summed E-state index contributed by atoms with van der Waals surface area (Å²) in [5.74, 6) is -1.07. The van der Waals surface area contributed by atoms with Crippen molar-refractivity contribution in [2.75, 3.05) is 24.7 Å². The molecule has 0 bridgehead atoms. The van der Waals surface area contributed by atoms with Gasteiger partial charge in [0.2, 0.25) is 0 Å². The van der Waals surface area contributed by atoms with Gasteiger partial charge in [0.25, 0.3) is 5.91 Å². The Hall–Kier alpha value is -1.87. The van der Waals surface area contributed by atoms with Crippen molar-refractivity contribution in [1.82, 2.24) is 9.88 Å². The molecule has 1 fully saturated rings. The van der Waals surface area contributed by atoms with Gasteiger partial charge in [-0.25, -0.2) is 13.2 Å². The van der Waals surface area contributed by atoms with Crippen molar-refractivity contribution in [2.45, 2.75) is 46.3 Å². The van der Waals surface area contributed by atoms with Crippen molar-refractivity contribution in [3.05, 3.63) is 22.5 Å². The minimum atomic E-state index is -3.10. The van der Waals surface area contributed by atoms with Crippen LogP contribution < -0.4 is 0 Å². The SMILES string of the molecule is CCN(C(=O)COC(=O)c1[nH]c(C)c(C(C)O)c1C)C1CCS(=O)(=O)C1. The van der Waals surface area contributed by atoms with E-state index < -0.39 is 34.4 Å². The molecule has 146 valence electrons. The zero-order chi connectivity index (χ0) is 19.6. The predicted molar refractivity (Wildman–Crippen MR) is 95.6 cm³/mol. The lowest BCUT2D eigenvalue weighted by Crippen LogP contribution is -2.43. The van der Waals surface area contributed by atoms with Crippen molar-refractivity contribution in [3.63, 3.8) is 0 Å². The first kappa shape index (κ1) is 20.4. The van der Waals surface area contributed by atoms with E-state index >= 15 is 0 Å². The van der Waals surface area contributed by atoms with Crippen LogP contribution >= 0.6 is 0 Å². The molecule has 1 saturated heterocycles. The Balaban J connectivity index is 2.02. The number of aliphatic hydroxyl groups excluding tert-OH is 1. The van der Waals surface area contributed by atoms with E-state index in [2.05, 4.69) is 4.98 Å². The van der Waals surface area contributed by atoms with E-state index in [-0.39, 0.29) is 23.2 Å². The van der Waals surface area contributed by atoms with Gasteiger partial charge in [-0.3, -0.25) is 4.79 Å². The molecule has 0 aliphatic carbocycles. The molecule has 1 amide bonds. The third-order valence-electron chi connectivity index (χ3n) is 4.75. The maximum absolute atomic E-state index is 12.4. The van der Waals surface area contributed by atoms with Gasteiger partial charge in [0.15, 0.2) is 16.4 Å². The summed E-state index contributed by atoms with van der Waals surface area (Å²) in [4.78, 5) is 29.0. The van der Waals surface area contributed by atoms with Crippen LogP contribution in [0.5, 0.6) is 0 Å². The third kappa shape index (κ3) is 4.27. The average molecular weight is 386 g/mol. The highest BCUT2D eigenvalue weighted by Gasteiger charge is 2.34. The summed E-state index contributed by atoms with van der Waals surface area (Å²) < 4.78 is 28.3. The number of aromatic nitrogens is 1. The number of esters is 1. The van der Waals surface area contributed by atoms with Gasteiger partial charge in [0.1, 0.15) is 5.69 Å². The molecule has 1 aliphatic heterocycles. The second kappa shape index (κ2) is 7.79. The van der Waals surface area contributed by atoms with Crippen molar-refractivity contribution in [2.24, 2.45) is 0 Å². The van der Waals surface area contributed by atoms with Crippen molar-refractivity contribution < 1.29 is 27.9 Å². The molecule has 0 aromatic carbocycles. The summed E-state index contributed by atoms with van der Waals surface area (Å²) in [5.41, 5.74) is 2.10. The minimum absolute atomic E-state index is 0.0484. The fourth-order valence-corrected chi connectivity index (χ4v) is 5.27. The van der Waals surface area contributed by atoms with Gasteiger partial charge in [-0.1, -0.05) is 0 Å². The van der Waals surface area contributed by atoms with Crippen LogP contribution in [0.15, 0.2) is 0 Å². The number of likely N-dealkylation sites (N-methyl/N-ethyl adjacent to an activating group) is 1. The van der Waals surface area contributed by atoms with Crippen molar-refractivity contribution >= 4 is 21.7 Å². The molecular formula is C17H26N2O6S. The molecular weight excluding hydrogens is 360 g/mol. The van der Waals surface area contributed by atoms with E-state index in [0.717, 1.165) is 0 Å². The number of aryl methyl sites for hydroxylation is 1. The van der Waals surface area contributed by atoms with Gasteiger partial charge >= 0.3 is 5.97 Å². The Labute approximate surface area is 153 Å². The first-order chi connectivity index (χ1) is 12.1. The second-order valence-electron chi connectivity index (χ2n) is 6.65. The van der Waals surface area contributed by atoms with Crippen LogP contribution in [0.3, 0.4) is 0 Å². The summed E-state index contributed by atoms with van der Waals surface area (Å²) in [6.07, 6.45) is -0.322. The van der Waals surface area contributed by atoms with E-state index in [1.807, 2.05) is 0 Å². The Kier molecular flexibility index (Phi) is 6.13. The highest BCUT2D eigenvalue weighted by atomic mass is 32.2. The van der Waals surface area contributed by atoms with E-state index in [0.29, 0.717) is 29.8 Å². The zero-order valence-electron chi connectivity index (χ0n) is 15.5. The fourth-order valence-electron chi connectivity index (χ4n) is 3.54. The molecule has 2 N–H and O–H groups in total. The molecule has 2 unspecified atom stereocenters. The Morgan fingerprint density at radius 3 is 2.50 bits per heavy atom. The molecule has 2 rings (SSSR count). The quantitative estimate of drug-likeness (QED) is 0.701. The van der Waals surface area contributed by atoms with E-state index in [1.54, 1.807) is 27.7 Å². The van der Waals surface area contributed by atoms with Gasteiger partial charge in [-0.2, -0.15) is 0 Å². The highest BCUT2D eigenvalue weighted by molar-refractivity contribution is 7.91. The number of hydrogen-bond donors (Lipinski definition) is 2. The van der Waals surface area contributed by atoms with Gasteiger partial charge in [0.05, 0.1) is 17.6 Å². The molecule has 9 heteroatoms.